The van der Waals surface area contributed by atoms with Gasteiger partial charge in [-0.3, -0.25) is 0 Å². The van der Waals surface area contributed by atoms with Crippen molar-refractivity contribution < 1.29 is 5.11 Å². The Morgan fingerprint density at radius 3 is 2.38 bits per heavy atom. The van der Waals surface area contributed by atoms with E-state index in [2.05, 4.69) is 34.6 Å². The molecule has 88 valence electrons. The van der Waals surface area contributed by atoms with Gasteiger partial charge in [-0.1, -0.05) is 25.5 Å². The van der Waals surface area contributed by atoms with E-state index in [1.165, 1.54) is 22.3 Å². The molecule has 0 aromatic heterocycles. The van der Waals surface area contributed by atoms with Crippen LogP contribution in [0.1, 0.15) is 58.1 Å². The predicted octanol–water partition coefficient (Wildman–Crippen LogP) is 4.72. The van der Waals surface area contributed by atoms with Crippen LogP contribution in [-0.4, -0.2) is 5.11 Å². The summed E-state index contributed by atoms with van der Waals surface area (Å²) in [5.74, 6) is 0.882. The quantitative estimate of drug-likeness (QED) is 0.778. The molecule has 0 spiro atoms. The van der Waals surface area contributed by atoms with Gasteiger partial charge in [0.25, 0.3) is 0 Å². The van der Waals surface area contributed by atoms with Crippen LogP contribution in [0, 0.1) is 0 Å². The van der Waals surface area contributed by atoms with Gasteiger partial charge in [0, 0.05) is 0 Å². The molecule has 1 nitrogen and oxygen atoms in total. The number of aromatic hydroxyl groups is 1. The zero-order chi connectivity index (χ0) is 12.3. The molecule has 16 heavy (non-hydrogen) atoms. The van der Waals surface area contributed by atoms with Crippen LogP contribution in [0.25, 0.3) is 5.57 Å². The zero-order valence-electron chi connectivity index (χ0n) is 11.0. The first-order chi connectivity index (χ1) is 7.47. The molecule has 1 heteroatoms. The van der Waals surface area contributed by atoms with E-state index in [-0.39, 0.29) is 0 Å². The highest BCUT2D eigenvalue weighted by molar-refractivity contribution is 5.70. The van der Waals surface area contributed by atoms with Crippen molar-refractivity contribution in [2.75, 3.05) is 0 Å². The van der Waals surface area contributed by atoms with Crippen LogP contribution in [0.2, 0.25) is 0 Å². The Morgan fingerprint density at radius 1 is 1.25 bits per heavy atom. The Hall–Kier alpha value is -1.24. The highest BCUT2D eigenvalue weighted by Gasteiger charge is 2.11. The second-order valence-corrected chi connectivity index (χ2v) is 4.71. The lowest BCUT2D eigenvalue weighted by atomic mass is 9.89. The Kier molecular flexibility index (Phi) is 4.17. The van der Waals surface area contributed by atoms with Crippen molar-refractivity contribution in [1.82, 2.24) is 0 Å². The van der Waals surface area contributed by atoms with Crippen molar-refractivity contribution in [1.29, 1.82) is 0 Å². The number of hydrogen-bond acceptors (Lipinski definition) is 1. The average molecular weight is 218 g/mol. The van der Waals surface area contributed by atoms with Crippen molar-refractivity contribution in [2.24, 2.45) is 0 Å². The highest BCUT2D eigenvalue weighted by atomic mass is 16.3. The number of phenols is 1. The monoisotopic (exact) mass is 218 g/mol. The minimum atomic E-state index is 0.350. The molecule has 1 aromatic rings. The molecule has 0 heterocycles. The van der Waals surface area contributed by atoms with Gasteiger partial charge in [0.15, 0.2) is 0 Å². The molecule has 0 aliphatic carbocycles. The first-order valence-corrected chi connectivity index (χ1v) is 5.94. The number of benzene rings is 1. The van der Waals surface area contributed by atoms with Crippen molar-refractivity contribution in [3.63, 3.8) is 0 Å². The lowest BCUT2D eigenvalue weighted by Gasteiger charge is -2.17. The van der Waals surface area contributed by atoms with Gasteiger partial charge in [0.2, 0.25) is 0 Å². The summed E-state index contributed by atoms with van der Waals surface area (Å²) < 4.78 is 0. The smallest absolute Gasteiger partial charge is 0.116 e. The van der Waals surface area contributed by atoms with E-state index in [0.29, 0.717) is 11.7 Å². The van der Waals surface area contributed by atoms with E-state index in [0.717, 1.165) is 6.42 Å². The van der Waals surface area contributed by atoms with Crippen LogP contribution in [-0.2, 0) is 0 Å². The van der Waals surface area contributed by atoms with Gasteiger partial charge in [-0.05, 0) is 61.9 Å². The molecule has 0 aliphatic heterocycles. The molecular formula is C15H22O. The van der Waals surface area contributed by atoms with E-state index in [1.54, 1.807) is 6.07 Å². The van der Waals surface area contributed by atoms with Crippen LogP contribution in [0.3, 0.4) is 0 Å². The van der Waals surface area contributed by atoms with E-state index >= 15 is 0 Å². The number of allylic oxidation sites excluding steroid dienone is 2. The Morgan fingerprint density at radius 2 is 1.88 bits per heavy atom. The maximum atomic E-state index is 9.60. The first kappa shape index (κ1) is 12.8. The SMILES string of the molecule is CCC(C)c1ccc(O)cc1C(C)=C(C)C. The molecule has 1 atom stereocenters. The molecule has 0 saturated carbocycles. The molecular weight excluding hydrogens is 196 g/mol. The van der Waals surface area contributed by atoms with Crippen molar-refractivity contribution in [3.05, 3.63) is 34.9 Å². The minimum Gasteiger partial charge on any atom is -0.508 e. The topological polar surface area (TPSA) is 20.2 Å². The molecule has 0 amide bonds. The van der Waals surface area contributed by atoms with E-state index in [4.69, 9.17) is 0 Å². The van der Waals surface area contributed by atoms with E-state index in [9.17, 15) is 5.11 Å². The Bertz CT molecular complexity index is 398. The van der Waals surface area contributed by atoms with Gasteiger partial charge < -0.3 is 5.11 Å². The maximum absolute atomic E-state index is 9.60. The second kappa shape index (κ2) is 5.20. The summed E-state index contributed by atoms with van der Waals surface area (Å²) in [4.78, 5) is 0. The predicted molar refractivity (Wildman–Crippen MR) is 70.8 cm³/mol. The molecule has 1 rings (SSSR count). The summed E-state index contributed by atoms with van der Waals surface area (Å²) in [5.41, 5.74) is 5.09. The molecule has 0 fully saturated rings. The van der Waals surface area contributed by atoms with Gasteiger partial charge >= 0.3 is 0 Å². The minimum absolute atomic E-state index is 0.350. The van der Waals surface area contributed by atoms with Crippen LogP contribution in [0.15, 0.2) is 23.8 Å². The third kappa shape index (κ3) is 2.66. The highest BCUT2D eigenvalue weighted by Crippen LogP contribution is 2.31. The van der Waals surface area contributed by atoms with Gasteiger partial charge in [-0.2, -0.15) is 0 Å². The van der Waals surface area contributed by atoms with Gasteiger partial charge in [-0.25, -0.2) is 0 Å². The summed E-state index contributed by atoms with van der Waals surface area (Å²) in [6, 6.07) is 5.71. The van der Waals surface area contributed by atoms with E-state index < -0.39 is 0 Å². The average Bonchev–Trinajstić information content (AvgIpc) is 2.26. The van der Waals surface area contributed by atoms with Crippen molar-refractivity contribution >= 4 is 5.57 Å². The molecule has 0 radical (unpaired) electrons. The van der Waals surface area contributed by atoms with Crippen molar-refractivity contribution in [3.8, 4) is 5.75 Å². The first-order valence-electron chi connectivity index (χ1n) is 5.94. The third-order valence-corrected chi connectivity index (χ3v) is 3.33. The molecule has 0 aliphatic rings. The van der Waals surface area contributed by atoms with Crippen LogP contribution in [0.5, 0.6) is 5.75 Å². The van der Waals surface area contributed by atoms with Gasteiger partial charge in [-0.15, -0.1) is 0 Å². The lowest BCUT2D eigenvalue weighted by molar-refractivity contribution is 0.474. The summed E-state index contributed by atoms with van der Waals surface area (Å²) in [7, 11) is 0. The molecule has 1 aromatic carbocycles. The van der Waals surface area contributed by atoms with E-state index in [1.807, 2.05) is 12.1 Å². The Labute approximate surface area is 98.8 Å². The number of hydrogen-bond donors (Lipinski definition) is 1. The summed E-state index contributed by atoms with van der Waals surface area (Å²) in [6.07, 6.45) is 1.12. The number of rotatable bonds is 3. The van der Waals surface area contributed by atoms with Gasteiger partial charge in [0.05, 0.1) is 0 Å². The number of phenolic OH excluding ortho intramolecular Hbond substituents is 1. The van der Waals surface area contributed by atoms with Gasteiger partial charge in [0.1, 0.15) is 5.75 Å². The maximum Gasteiger partial charge on any atom is 0.116 e. The third-order valence-electron chi connectivity index (χ3n) is 3.33. The fourth-order valence-corrected chi connectivity index (χ4v) is 1.79. The zero-order valence-corrected chi connectivity index (χ0v) is 11.0. The fraction of sp³-hybridized carbons (Fsp3) is 0.467. The largest absolute Gasteiger partial charge is 0.508 e. The summed E-state index contributed by atoms with van der Waals surface area (Å²) >= 11 is 0. The van der Waals surface area contributed by atoms with Crippen LogP contribution in [0.4, 0.5) is 0 Å². The molecule has 1 N–H and O–H groups in total. The van der Waals surface area contributed by atoms with Crippen LogP contribution >= 0.6 is 0 Å². The van der Waals surface area contributed by atoms with Crippen molar-refractivity contribution in [2.45, 2.75) is 47.0 Å². The summed E-state index contributed by atoms with van der Waals surface area (Å²) in [6.45, 7) is 10.8. The molecule has 0 saturated heterocycles. The van der Waals surface area contributed by atoms with Crippen LogP contribution < -0.4 is 0 Å². The normalized spacial score (nSPS) is 12.3. The lowest BCUT2D eigenvalue weighted by Crippen LogP contribution is -1.97. The second-order valence-electron chi connectivity index (χ2n) is 4.71. The molecule has 0 bridgehead atoms. The standard InChI is InChI=1S/C15H22O/c1-6-11(4)14-8-7-13(16)9-15(14)12(5)10(2)3/h7-9,11,16H,6H2,1-5H3. The fourth-order valence-electron chi connectivity index (χ4n) is 1.79. The summed E-state index contributed by atoms with van der Waals surface area (Å²) in [5, 5.41) is 9.60. The Balaban J connectivity index is 3.35. The molecule has 1 unspecified atom stereocenters.